The average Bonchev–Trinajstić information content (AvgIpc) is 2.60. The number of hydrogen-bond acceptors (Lipinski definition) is 7. The molecule has 3 N–H and O–H groups in total. The minimum atomic E-state index is -4.52. The third kappa shape index (κ3) is 5.32. The van der Waals surface area contributed by atoms with Crippen molar-refractivity contribution < 1.29 is 30.7 Å². The molecule has 0 aliphatic rings. The van der Waals surface area contributed by atoms with Gasteiger partial charge in [-0.3, -0.25) is 4.55 Å². The number of aliphatic hydroxyl groups is 1. The molecule has 0 amide bonds. The third-order valence-corrected chi connectivity index (χ3v) is 5.64. The van der Waals surface area contributed by atoms with E-state index < -0.39 is 31.2 Å². The van der Waals surface area contributed by atoms with Crippen molar-refractivity contribution in [3.8, 4) is 5.75 Å². The van der Waals surface area contributed by atoms with Gasteiger partial charge in [0.15, 0.2) is 5.75 Å². The van der Waals surface area contributed by atoms with Crippen molar-refractivity contribution in [2.24, 2.45) is 0 Å². The quantitative estimate of drug-likeness (QED) is 0.333. The molecule has 0 aliphatic carbocycles. The lowest BCUT2D eigenvalue weighted by Gasteiger charge is -2.15. The van der Waals surface area contributed by atoms with Gasteiger partial charge in [-0.1, -0.05) is 18.2 Å². The molecule has 2 rings (SSSR count). The van der Waals surface area contributed by atoms with Crippen LogP contribution in [0.25, 0.3) is 0 Å². The summed E-state index contributed by atoms with van der Waals surface area (Å²) in [6, 6.07) is 10.4. The smallest absolute Gasteiger partial charge is 0.339 e. The maximum Gasteiger partial charge on any atom is 0.339 e. The lowest BCUT2D eigenvalue weighted by atomic mass is 10.3. The standard InChI is InChI=1S/C15H16ClNO7S2/c16-9-11(18)10-17-14-8-13(25(19,20)21)6-7-15(14)24-26(22,23)12-4-2-1-3-5-12/h1-8,11,17-18H,9-10H2,(H,19,20,21). The number of hydrogen-bond donors (Lipinski definition) is 3. The Morgan fingerprint density at radius 3 is 2.27 bits per heavy atom. The van der Waals surface area contributed by atoms with Gasteiger partial charge in [0.05, 0.1) is 22.6 Å². The molecule has 26 heavy (non-hydrogen) atoms. The molecule has 0 heterocycles. The van der Waals surface area contributed by atoms with Crippen LogP contribution in [0.2, 0.25) is 0 Å². The lowest BCUT2D eigenvalue weighted by molar-refractivity contribution is 0.211. The van der Waals surface area contributed by atoms with E-state index in [0.29, 0.717) is 0 Å². The van der Waals surface area contributed by atoms with Gasteiger partial charge in [0.25, 0.3) is 10.1 Å². The first-order chi connectivity index (χ1) is 12.1. The molecule has 11 heteroatoms. The minimum absolute atomic E-state index is 0.0520. The maximum absolute atomic E-state index is 12.3. The van der Waals surface area contributed by atoms with Gasteiger partial charge in [-0.05, 0) is 30.3 Å². The van der Waals surface area contributed by atoms with E-state index in [2.05, 4.69) is 5.32 Å². The summed E-state index contributed by atoms with van der Waals surface area (Å²) >= 11 is 5.50. The molecule has 1 unspecified atom stereocenters. The highest BCUT2D eigenvalue weighted by Crippen LogP contribution is 2.30. The molecule has 0 bridgehead atoms. The SMILES string of the molecule is O=S(=O)(O)c1ccc(OS(=O)(=O)c2ccccc2)c(NCC(O)CCl)c1. The van der Waals surface area contributed by atoms with Gasteiger partial charge in [-0.2, -0.15) is 16.8 Å². The summed E-state index contributed by atoms with van der Waals surface area (Å²) < 4.78 is 61.5. The normalized spacial score (nSPS) is 13.2. The molecule has 2 aromatic rings. The fourth-order valence-corrected chi connectivity index (χ4v) is 3.50. The number of aliphatic hydroxyl groups excluding tert-OH is 1. The summed E-state index contributed by atoms with van der Waals surface area (Å²) in [5, 5.41) is 12.2. The highest BCUT2D eigenvalue weighted by molar-refractivity contribution is 7.87. The van der Waals surface area contributed by atoms with Crippen LogP contribution in [0.1, 0.15) is 0 Å². The van der Waals surface area contributed by atoms with E-state index >= 15 is 0 Å². The number of rotatable bonds is 8. The third-order valence-electron chi connectivity index (χ3n) is 3.19. The van der Waals surface area contributed by atoms with Gasteiger partial charge >= 0.3 is 10.1 Å². The largest absolute Gasteiger partial charge is 0.390 e. The molecular weight excluding hydrogens is 406 g/mol. The molecule has 0 fully saturated rings. The van der Waals surface area contributed by atoms with Crippen molar-refractivity contribution in [3.63, 3.8) is 0 Å². The number of nitrogens with one attached hydrogen (secondary N) is 1. The highest BCUT2D eigenvalue weighted by Gasteiger charge is 2.20. The minimum Gasteiger partial charge on any atom is -0.390 e. The van der Waals surface area contributed by atoms with E-state index in [9.17, 15) is 21.9 Å². The van der Waals surface area contributed by atoms with Crippen LogP contribution < -0.4 is 9.50 Å². The van der Waals surface area contributed by atoms with Crippen molar-refractivity contribution in [2.45, 2.75) is 15.9 Å². The summed E-state index contributed by atoms with van der Waals surface area (Å²) in [4.78, 5) is -0.560. The number of halogens is 1. The highest BCUT2D eigenvalue weighted by atomic mass is 35.5. The zero-order valence-corrected chi connectivity index (χ0v) is 15.6. The van der Waals surface area contributed by atoms with Gasteiger partial charge < -0.3 is 14.6 Å². The van der Waals surface area contributed by atoms with Crippen molar-refractivity contribution in [2.75, 3.05) is 17.7 Å². The van der Waals surface area contributed by atoms with Gasteiger partial charge in [-0.15, -0.1) is 11.6 Å². The number of anilines is 1. The Morgan fingerprint density at radius 2 is 1.69 bits per heavy atom. The van der Waals surface area contributed by atoms with Crippen molar-refractivity contribution >= 4 is 37.5 Å². The lowest BCUT2D eigenvalue weighted by Crippen LogP contribution is -2.21. The van der Waals surface area contributed by atoms with Crippen LogP contribution >= 0.6 is 11.6 Å². The number of benzene rings is 2. The van der Waals surface area contributed by atoms with Gasteiger partial charge in [-0.25, -0.2) is 0 Å². The molecule has 142 valence electrons. The topological polar surface area (TPSA) is 130 Å². The van der Waals surface area contributed by atoms with Gasteiger partial charge in [0, 0.05) is 6.54 Å². The first-order valence-electron chi connectivity index (χ1n) is 7.22. The second-order valence-electron chi connectivity index (χ2n) is 5.17. The van der Waals surface area contributed by atoms with Gasteiger partial charge in [0.2, 0.25) is 0 Å². The summed E-state index contributed by atoms with van der Waals surface area (Å²) in [6.45, 7) is -0.0970. The van der Waals surface area contributed by atoms with Crippen LogP contribution in [0, 0.1) is 0 Å². The van der Waals surface area contributed by atoms with Crippen LogP contribution in [0.4, 0.5) is 5.69 Å². The molecule has 2 aromatic carbocycles. The molecule has 0 aliphatic heterocycles. The second kappa shape index (κ2) is 8.23. The van der Waals surface area contributed by atoms with E-state index in [1.807, 2.05) is 0 Å². The Morgan fingerprint density at radius 1 is 1.04 bits per heavy atom. The molecule has 0 aromatic heterocycles. The summed E-state index contributed by atoms with van der Waals surface area (Å²) in [5.41, 5.74) is -0.0520. The first kappa shape index (κ1) is 20.5. The van der Waals surface area contributed by atoms with E-state index in [-0.39, 0.29) is 28.8 Å². The van der Waals surface area contributed by atoms with Crippen molar-refractivity contribution in [1.82, 2.24) is 0 Å². The summed E-state index contributed by atoms with van der Waals surface area (Å²) in [6.07, 6.45) is -0.968. The Bertz CT molecular complexity index is 963. The predicted molar refractivity (Wildman–Crippen MR) is 95.7 cm³/mol. The van der Waals surface area contributed by atoms with Crippen molar-refractivity contribution in [1.29, 1.82) is 0 Å². The predicted octanol–water partition coefficient (Wildman–Crippen LogP) is 1.71. The summed E-state index contributed by atoms with van der Waals surface area (Å²) in [5.74, 6) is -0.299. The van der Waals surface area contributed by atoms with Crippen LogP contribution in [-0.4, -0.2) is 45.0 Å². The Kier molecular flexibility index (Phi) is 6.48. The van der Waals surface area contributed by atoms with E-state index in [4.69, 9.17) is 20.3 Å². The maximum atomic E-state index is 12.3. The van der Waals surface area contributed by atoms with E-state index in [1.54, 1.807) is 6.07 Å². The van der Waals surface area contributed by atoms with Crippen LogP contribution in [0.3, 0.4) is 0 Å². The van der Waals surface area contributed by atoms with Crippen LogP contribution in [-0.2, 0) is 20.2 Å². The Labute approximate surface area is 156 Å². The fourth-order valence-electron chi connectivity index (χ4n) is 1.92. The second-order valence-corrected chi connectivity index (χ2v) is 8.45. The molecule has 0 spiro atoms. The van der Waals surface area contributed by atoms with Crippen molar-refractivity contribution in [3.05, 3.63) is 48.5 Å². The average molecular weight is 422 g/mol. The van der Waals surface area contributed by atoms with E-state index in [1.165, 1.54) is 24.3 Å². The molecular formula is C15H16ClNO7S2. The van der Waals surface area contributed by atoms with Gasteiger partial charge in [0.1, 0.15) is 4.90 Å². The van der Waals surface area contributed by atoms with E-state index in [0.717, 1.165) is 18.2 Å². The molecule has 0 radical (unpaired) electrons. The van der Waals surface area contributed by atoms with Crippen LogP contribution in [0.15, 0.2) is 58.3 Å². The molecule has 1 atom stereocenters. The monoisotopic (exact) mass is 421 g/mol. The zero-order chi connectivity index (χ0) is 19.4. The molecule has 8 nitrogen and oxygen atoms in total. The first-order valence-corrected chi connectivity index (χ1v) is 10.6. The zero-order valence-electron chi connectivity index (χ0n) is 13.2. The Hall–Kier alpha value is -1.85. The summed E-state index contributed by atoms with van der Waals surface area (Å²) in [7, 11) is -8.68. The van der Waals surface area contributed by atoms with Crippen LogP contribution in [0.5, 0.6) is 5.75 Å². The number of alkyl halides is 1. The molecule has 0 saturated carbocycles. The fraction of sp³-hybridized carbons (Fsp3) is 0.200. The Balaban J connectivity index is 2.40. The molecule has 0 saturated heterocycles.